The highest BCUT2D eigenvalue weighted by atomic mass is 32.2. The summed E-state index contributed by atoms with van der Waals surface area (Å²) < 4.78 is 80.8. The topological polar surface area (TPSA) is 77.5 Å². The first-order valence-electron chi connectivity index (χ1n) is 11.4. The lowest BCUT2D eigenvalue weighted by atomic mass is 9.87. The first-order chi connectivity index (χ1) is 17.2. The summed E-state index contributed by atoms with van der Waals surface area (Å²) in [6, 6.07) is 13.1. The van der Waals surface area contributed by atoms with Crippen LogP contribution in [0, 0.1) is 12.7 Å². The molecule has 4 aromatic rings. The van der Waals surface area contributed by atoms with Crippen LogP contribution in [0.1, 0.15) is 31.9 Å². The van der Waals surface area contributed by atoms with Crippen LogP contribution in [0.25, 0.3) is 22.0 Å². The lowest BCUT2D eigenvalue weighted by Crippen LogP contribution is -2.25. The SMILES string of the molecule is Cc1ccc(-c2cc3c(cc2NS(=O)(=O)c2ccc(C(C)(C)C)c(F)c2)OC(F)(F)O3)c2cccnc12. The molecule has 0 unspecified atom stereocenters. The lowest BCUT2D eigenvalue weighted by Gasteiger charge is -2.20. The summed E-state index contributed by atoms with van der Waals surface area (Å²) in [4.78, 5) is 4.08. The molecule has 1 aliphatic rings. The summed E-state index contributed by atoms with van der Waals surface area (Å²) in [5.74, 6) is -1.26. The van der Waals surface area contributed by atoms with E-state index in [1.807, 2.05) is 27.7 Å². The molecule has 1 N–H and O–H groups in total. The van der Waals surface area contributed by atoms with Crippen molar-refractivity contribution in [3.63, 3.8) is 0 Å². The van der Waals surface area contributed by atoms with Gasteiger partial charge in [-0.1, -0.05) is 45.0 Å². The van der Waals surface area contributed by atoms with Crippen molar-refractivity contribution in [1.82, 2.24) is 4.98 Å². The Hall–Kier alpha value is -3.79. The molecule has 2 heterocycles. The Kier molecular flexibility index (Phi) is 5.63. The molecule has 0 spiro atoms. The van der Waals surface area contributed by atoms with Crippen molar-refractivity contribution in [1.29, 1.82) is 0 Å². The molecule has 1 aliphatic heterocycles. The average Bonchev–Trinajstić information content (AvgIpc) is 3.11. The van der Waals surface area contributed by atoms with Crippen molar-refractivity contribution >= 4 is 26.6 Å². The number of sulfonamides is 1. The van der Waals surface area contributed by atoms with E-state index in [0.29, 0.717) is 22.0 Å². The molecule has 3 aromatic carbocycles. The van der Waals surface area contributed by atoms with Crippen molar-refractivity contribution in [3.8, 4) is 22.6 Å². The molecule has 5 rings (SSSR count). The highest BCUT2D eigenvalue weighted by Gasteiger charge is 2.44. The van der Waals surface area contributed by atoms with E-state index >= 15 is 0 Å². The molecular formula is C27H23F3N2O4S. The van der Waals surface area contributed by atoms with Gasteiger partial charge < -0.3 is 9.47 Å². The van der Waals surface area contributed by atoms with Gasteiger partial charge in [-0.3, -0.25) is 9.71 Å². The minimum atomic E-state index is -4.33. The second kappa shape index (κ2) is 8.37. The van der Waals surface area contributed by atoms with Crippen LogP contribution in [0.5, 0.6) is 11.5 Å². The number of hydrogen-bond donors (Lipinski definition) is 1. The third-order valence-corrected chi connectivity index (χ3v) is 7.47. The molecule has 0 saturated heterocycles. The summed E-state index contributed by atoms with van der Waals surface area (Å²) in [7, 11) is -4.33. The van der Waals surface area contributed by atoms with Crippen molar-refractivity contribution in [3.05, 3.63) is 77.7 Å². The van der Waals surface area contributed by atoms with E-state index in [-0.39, 0.29) is 27.6 Å². The number of aryl methyl sites for hydroxylation is 1. The Bertz CT molecular complexity index is 1660. The first-order valence-corrected chi connectivity index (χ1v) is 12.8. The number of halogens is 3. The molecule has 6 nitrogen and oxygen atoms in total. The zero-order chi connectivity index (χ0) is 26.8. The van der Waals surface area contributed by atoms with Crippen molar-refractivity contribution in [2.75, 3.05) is 4.72 Å². The number of fused-ring (bicyclic) bond motifs is 2. The van der Waals surface area contributed by atoms with Gasteiger partial charge in [0.2, 0.25) is 0 Å². The van der Waals surface area contributed by atoms with E-state index in [4.69, 9.17) is 0 Å². The molecule has 0 aliphatic carbocycles. The standard InChI is InChI=1S/C27H23F3N2O4S/c1-15-7-9-17(18-6-5-11-31-25(15)18)19-13-23-24(36-27(29,30)35-23)14-22(19)32-37(33,34)16-8-10-20(21(28)12-16)26(2,3)4/h5-14,32H,1-4H3. The normalized spacial score (nSPS) is 14.7. The van der Waals surface area contributed by atoms with Gasteiger partial charge in [-0.15, -0.1) is 8.78 Å². The third kappa shape index (κ3) is 4.57. The summed E-state index contributed by atoms with van der Waals surface area (Å²) in [5, 5.41) is 0.675. The van der Waals surface area contributed by atoms with Gasteiger partial charge in [-0.2, -0.15) is 0 Å². The van der Waals surface area contributed by atoms with Crippen molar-refractivity contribution in [2.24, 2.45) is 0 Å². The Labute approximate surface area is 212 Å². The van der Waals surface area contributed by atoms with Gasteiger partial charge in [0.15, 0.2) is 11.5 Å². The third-order valence-electron chi connectivity index (χ3n) is 6.11. The molecule has 192 valence electrons. The Balaban J connectivity index is 1.66. The molecule has 1 aromatic heterocycles. The van der Waals surface area contributed by atoms with Gasteiger partial charge in [0, 0.05) is 23.2 Å². The Morgan fingerprint density at radius 3 is 2.32 bits per heavy atom. The van der Waals surface area contributed by atoms with Crippen LogP contribution in [-0.2, 0) is 15.4 Å². The van der Waals surface area contributed by atoms with Crippen LogP contribution in [0.4, 0.5) is 18.9 Å². The number of anilines is 1. The molecule has 0 atom stereocenters. The van der Waals surface area contributed by atoms with Crippen LogP contribution < -0.4 is 14.2 Å². The lowest BCUT2D eigenvalue weighted by molar-refractivity contribution is -0.286. The number of aromatic nitrogens is 1. The van der Waals surface area contributed by atoms with Crippen LogP contribution >= 0.6 is 0 Å². The quantitative estimate of drug-likeness (QED) is 0.316. The maximum atomic E-state index is 14.8. The number of nitrogens with zero attached hydrogens (tertiary/aromatic N) is 1. The monoisotopic (exact) mass is 528 g/mol. The van der Waals surface area contributed by atoms with Gasteiger partial charge in [0.05, 0.1) is 16.1 Å². The van der Waals surface area contributed by atoms with Gasteiger partial charge in [-0.05, 0) is 53.3 Å². The van der Waals surface area contributed by atoms with Gasteiger partial charge in [-0.25, -0.2) is 12.8 Å². The molecule has 0 radical (unpaired) electrons. The van der Waals surface area contributed by atoms with Gasteiger partial charge in [0.1, 0.15) is 5.82 Å². The van der Waals surface area contributed by atoms with Crippen molar-refractivity contribution < 1.29 is 31.1 Å². The maximum Gasteiger partial charge on any atom is 0.586 e. The largest absolute Gasteiger partial charge is 0.586 e. The summed E-state index contributed by atoms with van der Waals surface area (Å²) >= 11 is 0. The number of pyridine rings is 1. The predicted octanol–water partition coefficient (Wildman–Crippen LogP) is 6.77. The summed E-state index contributed by atoms with van der Waals surface area (Å²) in [6.45, 7) is 7.31. The second-order valence-electron chi connectivity index (χ2n) is 9.84. The van der Waals surface area contributed by atoms with Crippen molar-refractivity contribution in [2.45, 2.75) is 44.3 Å². The number of alkyl halides is 2. The zero-order valence-corrected chi connectivity index (χ0v) is 21.2. The number of benzene rings is 3. The Morgan fingerprint density at radius 1 is 0.946 bits per heavy atom. The van der Waals surface area contributed by atoms with E-state index in [0.717, 1.165) is 17.7 Å². The maximum absolute atomic E-state index is 14.8. The second-order valence-corrected chi connectivity index (χ2v) is 11.5. The fourth-order valence-electron chi connectivity index (χ4n) is 4.33. The predicted molar refractivity (Wildman–Crippen MR) is 134 cm³/mol. The van der Waals surface area contributed by atoms with E-state index < -0.39 is 27.6 Å². The molecule has 0 fully saturated rings. The molecule has 0 bridgehead atoms. The zero-order valence-electron chi connectivity index (χ0n) is 20.4. The first kappa shape index (κ1) is 24.9. The molecule has 10 heteroatoms. The number of nitrogens with one attached hydrogen (secondary N) is 1. The number of hydrogen-bond acceptors (Lipinski definition) is 5. The minimum Gasteiger partial charge on any atom is -0.395 e. The van der Waals surface area contributed by atoms with Gasteiger partial charge in [0.25, 0.3) is 10.0 Å². The fourth-order valence-corrected chi connectivity index (χ4v) is 5.41. The number of rotatable bonds is 4. The van der Waals surface area contributed by atoms with E-state index in [1.165, 1.54) is 18.2 Å². The molecular weight excluding hydrogens is 505 g/mol. The highest BCUT2D eigenvalue weighted by Crippen LogP contribution is 2.48. The van der Waals surface area contributed by atoms with E-state index in [1.54, 1.807) is 30.5 Å². The molecule has 37 heavy (non-hydrogen) atoms. The van der Waals surface area contributed by atoms with Crippen LogP contribution in [0.3, 0.4) is 0 Å². The Morgan fingerprint density at radius 2 is 1.65 bits per heavy atom. The average molecular weight is 529 g/mol. The molecule has 0 amide bonds. The van der Waals surface area contributed by atoms with Crippen LogP contribution in [0.2, 0.25) is 0 Å². The van der Waals surface area contributed by atoms with Crippen LogP contribution in [-0.4, -0.2) is 19.7 Å². The van der Waals surface area contributed by atoms with E-state index in [9.17, 15) is 21.6 Å². The van der Waals surface area contributed by atoms with Crippen LogP contribution in [0.15, 0.2) is 65.7 Å². The smallest absolute Gasteiger partial charge is 0.395 e. The number of ether oxygens (including phenoxy) is 2. The molecule has 0 saturated carbocycles. The van der Waals surface area contributed by atoms with Gasteiger partial charge >= 0.3 is 6.29 Å². The highest BCUT2D eigenvalue weighted by molar-refractivity contribution is 7.92. The summed E-state index contributed by atoms with van der Waals surface area (Å²) in [5.41, 5.74) is 2.11. The summed E-state index contributed by atoms with van der Waals surface area (Å²) in [6.07, 6.45) is -2.28. The fraction of sp³-hybridized carbons (Fsp3) is 0.222. The van der Waals surface area contributed by atoms with E-state index in [2.05, 4.69) is 19.2 Å². The minimum absolute atomic E-state index is 0.0469.